The Bertz CT molecular complexity index is 607. The number of pyridine rings is 1. The van der Waals surface area contributed by atoms with Crippen LogP contribution in [-0.2, 0) is 9.53 Å². The zero-order chi connectivity index (χ0) is 14.8. The molecule has 21 heavy (non-hydrogen) atoms. The van der Waals surface area contributed by atoms with E-state index in [0.29, 0.717) is 26.3 Å². The fourth-order valence-electron chi connectivity index (χ4n) is 2.52. The second-order valence-electron chi connectivity index (χ2n) is 5.23. The van der Waals surface area contributed by atoms with Crippen LogP contribution in [0.2, 0.25) is 0 Å². The van der Waals surface area contributed by atoms with Gasteiger partial charge in [0, 0.05) is 19.3 Å². The molecule has 1 N–H and O–H groups in total. The van der Waals surface area contributed by atoms with Gasteiger partial charge in [-0.05, 0) is 29.7 Å². The van der Waals surface area contributed by atoms with Crippen LogP contribution in [-0.4, -0.2) is 53.2 Å². The molecule has 1 amide bonds. The minimum absolute atomic E-state index is 0.0134. The minimum Gasteiger partial charge on any atom is -0.477 e. The van der Waals surface area contributed by atoms with Gasteiger partial charge in [-0.25, -0.2) is 9.78 Å². The maximum Gasteiger partial charge on any atom is 0.354 e. The SMILES string of the molecule is O=C(O)c1cc(C2=CCN(C(=O)C3COC3)CC2)ccn1. The smallest absolute Gasteiger partial charge is 0.354 e. The van der Waals surface area contributed by atoms with Crippen LogP contribution in [0.25, 0.3) is 5.57 Å². The highest BCUT2D eigenvalue weighted by atomic mass is 16.5. The lowest BCUT2D eigenvalue weighted by Crippen LogP contribution is -2.46. The molecule has 2 aliphatic heterocycles. The van der Waals surface area contributed by atoms with Crippen LogP contribution < -0.4 is 0 Å². The molecule has 1 aromatic rings. The number of rotatable bonds is 3. The Hall–Kier alpha value is -2.21. The summed E-state index contributed by atoms with van der Waals surface area (Å²) in [6.45, 7) is 2.28. The highest BCUT2D eigenvalue weighted by molar-refractivity contribution is 5.87. The number of aromatic carboxylic acids is 1. The number of carbonyl (C=O) groups is 2. The number of ether oxygens (including phenoxy) is 1. The van der Waals surface area contributed by atoms with Crippen molar-refractivity contribution in [3.05, 3.63) is 35.7 Å². The van der Waals surface area contributed by atoms with Gasteiger partial charge in [0.15, 0.2) is 0 Å². The molecule has 0 bridgehead atoms. The zero-order valence-electron chi connectivity index (χ0n) is 11.5. The zero-order valence-corrected chi connectivity index (χ0v) is 11.5. The molecule has 0 atom stereocenters. The van der Waals surface area contributed by atoms with Gasteiger partial charge < -0.3 is 14.7 Å². The van der Waals surface area contributed by atoms with E-state index in [4.69, 9.17) is 9.84 Å². The van der Waals surface area contributed by atoms with Crippen molar-refractivity contribution in [3.63, 3.8) is 0 Å². The van der Waals surface area contributed by atoms with Crippen LogP contribution in [0.4, 0.5) is 0 Å². The second kappa shape index (κ2) is 5.65. The predicted molar refractivity (Wildman–Crippen MR) is 74.7 cm³/mol. The van der Waals surface area contributed by atoms with E-state index in [-0.39, 0.29) is 17.5 Å². The van der Waals surface area contributed by atoms with E-state index in [1.54, 1.807) is 12.1 Å². The van der Waals surface area contributed by atoms with Crippen molar-refractivity contribution in [3.8, 4) is 0 Å². The summed E-state index contributed by atoms with van der Waals surface area (Å²) in [5.41, 5.74) is 1.97. The Balaban J connectivity index is 1.70. The molecule has 1 aromatic heterocycles. The van der Waals surface area contributed by atoms with E-state index >= 15 is 0 Å². The molecule has 0 aliphatic carbocycles. The Morgan fingerprint density at radius 2 is 2.19 bits per heavy atom. The Kier molecular flexibility index (Phi) is 3.70. The topological polar surface area (TPSA) is 79.7 Å². The summed E-state index contributed by atoms with van der Waals surface area (Å²) in [5.74, 6) is -0.868. The average Bonchev–Trinajstić information content (AvgIpc) is 2.46. The van der Waals surface area contributed by atoms with E-state index in [9.17, 15) is 9.59 Å². The van der Waals surface area contributed by atoms with E-state index in [0.717, 1.165) is 17.6 Å². The molecule has 0 saturated carbocycles. The van der Waals surface area contributed by atoms with E-state index in [1.807, 2.05) is 11.0 Å². The molecule has 1 fully saturated rings. The third-order valence-electron chi connectivity index (χ3n) is 3.86. The van der Waals surface area contributed by atoms with Gasteiger partial charge >= 0.3 is 5.97 Å². The first kappa shape index (κ1) is 13.8. The van der Waals surface area contributed by atoms with Crippen LogP contribution in [0, 0.1) is 5.92 Å². The minimum atomic E-state index is -1.03. The number of amides is 1. The van der Waals surface area contributed by atoms with Gasteiger partial charge in [0.2, 0.25) is 5.91 Å². The number of nitrogens with zero attached hydrogens (tertiary/aromatic N) is 2. The van der Waals surface area contributed by atoms with Gasteiger partial charge in [0.05, 0.1) is 19.1 Å². The molecule has 3 rings (SSSR count). The fourth-order valence-corrected chi connectivity index (χ4v) is 2.52. The van der Waals surface area contributed by atoms with Gasteiger partial charge in [-0.3, -0.25) is 4.79 Å². The number of aromatic nitrogens is 1. The van der Waals surface area contributed by atoms with Crippen molar-refractivity contribution in [2.45, 2.75) is 6.42 Å². The summed E-state index contributed by atoms with van der Waals surface area (Å²) >= 11 is 0. The van der Waals surface area contributed by atoms with Crippen LogP contribution >= 0.6 is 0 Å². The normalized spacial score (nSPS) is 18.9. The molecular weight excluding hydrogens is 272 g/mol. The second-order valence-corrected chi connectivity index (χ2v) is 5.23. The molecule has 0 spiro atoms. The van der Waals surface area contributed by atoms with Crippen LogP contribution in [0.3, 0.4) is 0 Å². The number of hydrogen-bond donors (Lipinski definition) is 1. The summed E-state index contributed by atoms with van der Waals surface area (Å²) < 4.78 is 5.05. The summed E-state index contributed by atoms with van der Waals surface area (Å²) in [6.07, 6.45) is 4.22. The molecular formula is C15H16N2O4. The van der Waals surface area contributed by atoms with Crippen LogP contribution in [0.1, 0.15) is 22.5 Å². The van der Waals surface area contributed by atoms with Gasteiger partial charge in [0.25, 0.3) is 0 Å². The lowest BCUT2D eigenvalue weighted by atomic mass is 9.98. The third-order valence-corrected chi connectivity index (χ3v) is 3.86. The fraction of sp³-hybridized carbons (Fsp3) is 0.400. The Labute approximate surface area is 122 Å². The summed E-state index contributed by atoms with van der Waals surface area (Å²) in [5, 5.41) is 8.97. The summed E-state index contributed by atoms with van der Waals surface area (Å²) in [4.78, 5) is 28.7. The number of carboxylic acid groups (broad SMARTS) is 1. The monoisotopic (exact) mass is 288 g/mol. The van der Waals surface area contributed by atoms with Crippen molar-refractivity contribution in [1.82, 2.24) is 9.88 Å². The van der Waals surface area contributed by atoms with Crippen molar-refractivity contribution >= 4 is 17.4 Å². The molecule has 6 heteroatoms. The number of hydrogen-bond acceptors (Lipinski definition) is 4. The van der Waals surface area contributed by atoms with Crippen molar-refractivity contribution in [2.24, 2.45) is 5.92 Å². The van der Waals surface area contributed by atoms with Crippen molar-refractivity contribution in [1.29, 1.82) is 0 Å². The quantitative estimate of drug-likeness (QED) is 0.899. The predicted octanol–water partition coefficient (Wildman–Crippen LogP) is 1.04. The molecule has 0 unspecified atom stereocenters. The Morgan fingerprint density at radius 1 is 1.38 bits per heavy atom. The first-order chi connectivity index (χ1) is 10.1. The average molecular weight is 288 g/mol. The molecule has 1 saturated heterocycles. The standard InChI is InChI=1S/C15H16N2O4/c18-14(12-8-21-9-12)17-5-2-10(3-6-17)11-1-4-16-13(7-11)15(19)20/h1-2,4,7,12H,3,5-6,8-9H2,(H,19,20). The first-order valence-corrected chi connectivity index (χ1v) is 6.90. The highest BCUT2D eigenvalue weighted by Gasteiger charge is 2.31. The molecule has 0 aromatic carbocycles. The van der Waals surface area contributed by atoms with Crippen molar-refractivity contribution in [2.75, 3.05) is 26.3 Å². The third kappa shape index (κ3) is 2.80. The van der Waals surface area contributed by atoms with Crippen LogP contribution in [0.15, 0.2) is 24.4 Å². The molecule has 0 radical (unpaired) electrons. The maximum absolute atomic E-state index is 12.1. The molecule has 110 valence electrons. The summed E-state index contributed by atoms with van der Waals surface area (Å²) in [6, 6.07) is 3.38. The van der Waals surface area contributed by atoms with Gasteiger partial charge in [-0.2, -0.15) is 0 Å². The molecule has 3 heterocycles. The van der Waals surface area contributed by atoms with E-state index in [1.165, 1.54) is 6.20 Å². The molecule has 2 aliphatic rings. The summed E-state index contributed by atoms with van der Waals surface area (Å²) in [7, 11) is 0. The highest BCUT2D eigenvalue weighted by Crippen LogP contribution is 2.24. The number of carboxylic acids is 1. The number of carbonyl (C=O) groups excluding carboxylic acids is 1. The van der Waals surface area contributed by atoms with E-state index < -0.39 is 5.97 Å². The Morgan fingerprint density at radius 3 is 2.76 bits per heavy atom. The van der Waals surface area contributed by atoms with Gasteiger partial charge in [0.1, 0.15) is 5.69 Å². The maximum atomic E-state index is 12.1. The van der Waals surface area contributed by atoms with Crippen LogP contribution in [0.5, 0.6) is 0 Å². The first-order valence-electron chi connectivity index (χ1n) is 6.90. The molecule has 6 nitrogen and oxygen atoms in total. The largest absolute Gasteiger partial charge is 0.477 e. The van der Waals surface area contributed by atoms with Gasteiger partial charge in [-0.15, -0.1) is 0 Å². The van der Waals surface area contributed by atoms with Gasteiger partial charge in [-0.1, -0.05) is 6.08 Å². The lowest BCUT2D eigenvalue weighted by Gasteiger charge is -2.33. The van der Waals surface area contributed by atoms with Crippen molar-refractivity contribution < 1.29 is 19.4 Å². The lowest BCUT2D eigenvalue weighted by molar-refractivity contribution is -0.149. The van der Waals surface area contributed by atoms with E-state index in [2.05, 4.69) is 4.98 Å².